The molecule has 0 fully saturated rings. The first-order valence-corrected chi connectivity index (χ1v) is 9.28. The summed E-state index contributed by atoms with van der Waals surface area (Å²) in [6, 6.07) is 23.4. The van der Waals surface area contributed by atoms with Crippen LogP contribution in [0.25, 0.3) is 10.8 Å². The zero-order chi connectivity index (χ0) is 19.4. The Kier molecular flexibility index (Phi) is 5.62. The van der Waals surface area contributed by atoms with Crippen LogP contribution < -0.4 is 0 Å². The number of esters is 1. The van der Waals surface area contributed by atoms with Crippen LogP contribution in [0.5, 0.6) is 0 Å². The van der Waals surface area contributed by atoms with E-state index in [0.717, 1.165) is 16.3 Å². The van der Waals surface area contributed by atoms with E-state index in [9.17, 15) is 9.90 Å². The van der Waals surface area contributed by atoms with E-state index in [0.29, 0.717) is 12.0 Å². The summed E-state index contributed by atoms with van der Waals surface area (Å²) in [7, 11) is 0. The molecule has 0 saturated carbocycles. The number of rotatable bonds is 5. The second kappa shape index (κ2) is 7.93. The van der Waals surface area contributed by atoms with Gasteiger partial charge in [-0.25, -0.2) is 0 Å². The van der Waals surface area contributed by atoms with Crippen LogP contribution in [0.2, 0.25) is 0 Å². The number of hydrogen-bond acceptors (Lipinski definition) is 3. The first-order valence-electron chi connectivity index (χ1n) is 9.28. The van der Waals surface area contributed by atoms with Gasteiger partial charge in [-0.1, -0.05) is 72.8 Å². The van der Waals surface area contributed by atoms with E-state index >= 15 is 0 Å². The topological polar surface area (TPSA) is 46.5 Å². The molecule has 0 aliphatic heterocycles. The maximum atomic E-state index is 12.9. The maximum absolute atomic E-state index is 12.9. The molecular formula is C24H26O3. The molecule has 1 N–H and O–H groups in total. The van der Waals surface area contributed by atoms with E-state index in [1.165, 1.54) is 0 Å². The van der Waals surface area contributed by atoms with Crippen LogP contribution in [-0.2, 0) is 16.0 Å². The van der Waals surface area contributed by atoms with Gasteiger partial charge in [0.05, 0.1) is 12.0 Å². The number of carbonyl (C=O) groups is 1. The molecule has 0 bridgehead atoms. The lowest BCUT2D eigenvalue weighted by atomic mass is 9.88. The molecule has 3 aromatic rings. The van der Waals surface area contributed by atoms with Crippen LogP contribution in [0.1, 0.15) is 38.0 Å². The van der Waals surface area contributed by atoms with Crippen LogP contribution in [-0.4, -0.2) is 16.7 Å². The zero-order valence-electron chi connectivity index (χ0n) is 16.1. The first-order chi connectivity index (χ1) is 12.8. The highest BCUT2D eigenvalue weighted by molar-refractivity contribution is 5.86. The van der Waals surface area contributed by atoms with Crippen LogP contribution in [0.15, 0.2) is 72.8 Å². The lowest BCUT2D eigenvalue weighted by molar-refractivity contribution is -0.164. The first kappa shape index (κ1) is 19.1. The molecule has 140 valence electrons. The molecule has 0 unspecified atom stereocenters. The predicted molar refractivity (Wildman–Crippen MR) is 108 cm³/mol. The monoisotopic (exact) mass is 362 g/mol. The van der Waals surface area contributed by atoms with Gasteiger partial charge >= 0.3 is 5.97 Å². The van der Waals surface area contributed by atoms with E-state index in [4.69, 9.17) is 4.74 Å². The maximum Gasteiger partial charge on any atom is 0.312 e. The molecule has 27 heavy (non-hydrogen) atoms. The molecule has 0 saturated heterocycles. The van der Waals surface area contributed by atoms with Crippen LogP contribution in [0, 0.1) is 5.92 Å². The third kappa shape index (κ3) is 4.75. The van der Waals surface area contributed by atoms with Gasteiger partial charge < -0.3 is 9.84 Å². The Hall–Kier alpha value is -2.65. The predicted octanol–water partition coefficient (Wildman–Crippen LogP) is 5.07. The smallest absolute Gasteiger partial charge is 0.312 e. The van der Waals surface area contributed by atoms with Crippen LogP contribution >= 0.6 is 0 Å². The van der Waals surface area contributed by atoms with Crippen molar-refractivity contribution in [2.45, 2.75) is 38.9 Å². The Morgan fingerprint density at radius 3 is 2.26 bits per heavy atom. The summed E-state index contributed by atoms with van der Waals surface area (Å²) in [5.41, 5.74) is 1.14. The minimum atomic E-state index is -0.931. The number of hydrogen-bond donors (Lipinski definition) is 1. The van der Waals surface area contributed by atoms with Crippen molar-refractivity contribution in [3.8, 4) is 0 Å². The van der Waals surface area contributed by atoms with E-state index in [1.54, 1.807) is 0 Å². The van der Waals surface area contributed by atoms with Crippen molar-refractivity contribution < 1.29 is 14.6 Å². The highest BCUT2D eigenvalue weighted by Crippen LogP contribution is 2.30. The molecule has 0 radical (unpaired) electrons. The quantitative estimate of drug-likeness (QED) is 0.644. The van der Waals surface area contributed by atoms with Crippen molar-refractivity contribution in [2.75, 3.05) is 0 Å². The number of ether oxygens (including phenoxy) is 1. The molecular weight excluding hydrogens is 336 g/mol. The average Bonchev–Trinajstić information content (AvgIpc) is 2.65. The van der Waals surface area contributed by atoms with Gasteiger partial charge in [0.25, 0.3) is 0 Å². The molecule has 0 heterocycles. The average molecular weight is 362 g/mol. The lowest BCUT2D eigenvalue weighted by Crippen LogP contribution is -2.33. The van der Waals surface area contributed by atoms with Gasteiger partial charge in [-0.2, -0.15) is 0 Å². The third-order valence-corrected chi connectivity index (χ3v) is 4.55. The number of carbonyl (C=O) groups excluding carboxylic acids is 1. The fourth-order valence-electron chi connectivity index (χ4n) is 3.29. The Morgan fingerprint density at radius 1 is 0.926 bits per heavy atom. The standard InChI is InChI=1S/C24H26O3/c1-24(2,3)27-23(26)21(22(25)18-11-5-4-6-12-18)16-19-14-9-13-17-10-7-8-15-20(17)19/h4-15,21-22,25H,16H2,1-3H3/t21-,22+/m0/s1. The second-order valence-electron chi connectivity index (χ2n) is 7.84. The largest absolute Gasteiger partial charge is 0.460 e. The van der Waals surface area contributed by atoms with Crippen LogP contribution in [0.3, 0.4) is 0 Å². The fourth-order valence-corrected chi connectivity index (χ4v) is 3.29. The second-order valence-corrected chi connectivity index (χ2v) is 7.84. The summed E-state index contributed by atoms with van der Waals surface area (Å²) in [5.74, 6) is -1.07. The molecule has 3 nitrogen and oxygen atoms in total. The summed E-state index contributed by atoms with van der Waals surface area (Å²) in [5, 5.41) is 13.2. The van der Waals surface area contributed by atoms with E-state index in [2.05, 4.69) is 12.1 Å². The summed E-state index contributed by atoms with van der Waals surface area (Å²) in [4.78, 5) is 12.9. The summed E-state index contributed by atoms with van der Waals surface area (Å²) >= 11 is 0. The van der Waals surface area contributed by atoms with Crippen molar-refractivity contribution in [1.29, 1.82) is 0 Å². The van der Waals surface area contributed by atoms with Crippen molar-refractivity contribution in [1.82, 2.24) is 0 Å². The summed E-state index contributed by atoms with van der Waals surface area (Å²) in [6.45, 7) is 5.53. The van der Waals surface area contributed by atoms with Gasteiger partial charge in [-0.15, -0.1) is 0 Å². The Labute approximate surface area is 160 Å². The molecule has 0 aliphatic carbocycles. The van der Waals surface area contributed by atoms with E-state index in [-0.39, 0.29) is 5.97 Å². The normalized spacial score (nSPS) is 13.9. The number of benzene rings is 3. The Morgan fingerprint density at radius 2 is 1.56 bits per heavy atom. The third-order valence-electron chi connectivity index (χ3n) is 4.55. The number of aliphatic hydroxyl groups is 1. The summed E-state index contributed by atoms with van der Waals surface area (Å²) in [6.07, 6.45) is -0.521. The Balaban J connectivity index is 1.97. The van der Waals surface area contributed by atoms with Crippen molar-refractivity contribution >= 4 is 16.7 Å². The minimum absolute atomic E-state index is 0.383. The molecule has 0 aromatic heterocycles. The SMILES string of the molecule is CC(C)(C)OC(=O)[C@@H](Cc1cccc2ccccc12)[C@H](O)c1ccccc1. The highest BCUT2D eigenvalue weighted by atomic mass is 16.6. The van der Waals surface area contributed by atoms with Crippen molar-refractivity contribution in [3.05, 3.63) is 83.9 Å². The number of fused-ring (bicyclic) bond motifs is 1. The molecule has 2 atom stereocenters. The highest BCUT2D eigenvalue weighted by Gasteiger charge is 2.32. The summed E-state index contributed by atoms with van der Waals surface area (Å²) < 4.78 is 5.63. The zero-order valence-corrected chi connectivity index (χ0v) is 16.1. The van der Waals surface area contributed by atoms with E-state index in [1.807, 2.05) is 81.4 Å². The molecule has 3 rings (SSSR count). The van der Waals surface area contributed by atoms with E-state index < -0.39 is 17.6 Å². The van der Waals surface area contributed by atoms with Gasteiger partial charge in [0.2, 0.25) is 0 Å². The van der Waals surface area contributed by atoms with Gasteiger partial charge in [0, 0.05) is 0 Å². The van der Waals surface area contributed by atoms with Crippen molar-refractivity contribution in [2.24, 2.45) is 5.92 Å². The minimum Gasteiger partial charge on any atom is -0.460 e. The molecule has 0 amide bonds. The molecule has 3 heteroatoms. The van der Waals surface area contributed by atoms with Gasteiger partial charge in [-0.3, -0.25) is 4.79 Å². The molecule has 0 aliphatic rings. The van der Waals surface area contributed by atoms with Gasteiger partial charge in [-0.05, 0) is 49.1 Å². The molecule has 3 aromatic carbocycles. The van der Waals surface area contributed by atoms with Crippen molar-refractivity contribution in [3.63, 3.8) is 0 Å². The molecule has 0 spiro atoms. The van der Waals surface area contributed by atoms with Gasteiger partial charge in [0.15, 0.2) is 0 Å². The lowest BCUT2D eigenvalue weighted by Gasteiger charge is -2.27. The number of aliphatic hydroxyl groups excluding tert-OH is 1. The fraction of sp³-hybridized carbons (Fsp3) is 0.292. The van der Waals surface area contributed by atoms with Crippen LogP contribution in [0.4, 0.5) is 0 Å². The Bertz CT molecular complexity index is 904. The van der Waals surface area contributed by atoms with Gasteiger partial charge in [0.1, 0.15) is 5.60 Å².